The molecular weight excluding hydrogens is 228 g/mol. The number of amides is 1. The first-order valence-corrected chi connectivity index (χ1v) is 6.66. The zero-order valence-electron chi connectivity index (χ0n) is 10.9. The number of hydrogen-bond acceptors (Lipinski definition) is 4. The van der Waals surface area contributed by atoms with Crippen LogP contribution in [-0.2, 0) is 4.79 Å². The van der Waals surface area contributed by atoms with Crippen LogP contribution in [0.4, 0.5) is 11.6 Å². The molecule has 2 heterocycles. The molecule has 18 heavy (non-hydrogen) atoms. The number of hydrogen-bond donors (Lipinski definition) is 1. The van der Waals surface area contributed by atoms with Crippen molar-refractivity contribution in [1.82, 2.24) is 9.97 Å². The predicted octanol–water partition coefficient (Wildman–Crippen LogP) is 2.21. The van der Waals surface area contributed by atoms with E-state index in [0.717, 1.165) is 31.9 Å². The van der Waals surface area contributed by atoms with Crippen molar-refractivity contribution in [2.24, 2.45) is 0 Å². The number of nitrogens with zero attached hydrogens (tertiary/aromatic N) is 3. The molecule has 98 valence electrons. The average molecular weight is 248 g/mol. The van der Waals surface area contributed by atoms with E-state index in [9.17, 15) is 4.79 Å². The lowest BCUT2D eigenvalue weighted by Gasteiger charge is -2.14. The number of aromatic nitrogens is 2. The molecule has 1 aliphatic heterocycles. The number of carbonyl (C=O) groups excluding carboxylic acids is 1. The summed E-state index contributed by atoms with van der Waals surface area (Å²) in [5.74, 6) is 0.799. The third-order valence-electron chi connectivity index (χ3n) is 3.07. The molecule has 0 atom stereocenters. The summed E-state index contributed by atoms with van der Waals surface area (Å²) in [5, 5.41) is 2.81. The van der Waals surface area contributed by atoms with E-state index in [4.69, 9.17) is 0 Å². The van der Waals surface area contributed by atoms with Crippen LogP contribution >= 0.6 is 0 Å². The minimum Gasteiger partial charge on any atom is -0.341 e. The normalized spacial score (nSPS) is 14.8. The number of rotatable bonds is 5. The molecule has 1 amide bonds. The summed E-state index contributed by atoms with van der Waals surface area (Å²) in [6.07, 6.45) is 8.29. The summed E-state index contributed by atoms with van der Waals surface area (Å²) < 4.78 is 0. The van der Waals surface area contributed by atoms with Gasteiger partial charge in [0.15, 0.2) is 0 Å². The Bertz CT molecular complexity index is 384. The van der Waals surface area contributed by atoms with Crippen LogP contribution in [0.2, 0.25) is 0 Å². The lowest BCUT2D eigenvalue weighted by Crippen LogP contribution is -2.20. The Labute approximate surface area is 108 Å². The van der Waals surface area contributed by atoms with E-state index < -0.39 is 0 Å². The Hall–Kier alpha value is -1.65. The van der Waals surface area contributed by atoms with Gasteiger partial charge in [-0.25, -0.2) is 9.97 Å². The van der Waals surface area contributed by atoms with Gasteiger partial charge < -0.3 is 10.2 Å². The molecule has 0 saturated carbocycles. The van der Waals surface area contributed by atoms with Crippen LogP contribution < -0.4 is 10.2 Å². The summed E-state index contributed by atoms with van der Waals surface area (Å²) in [5.41, 5.74) is 0.680. The van der Waals surface area contributed by atoms with E-state index in [1.165, 1.54) is 12.8 Å². The molecule has 0 bridgehead atoms. The van der Waals surface area contributed by atoms with Crippen LogP contribution in [0.3, 0.4) is 0 Å². The minimum absolute atomic E-state index is 0.0365. The highest BCUT2D eigenvalue weighted by molar-refractivity contribution is 5.90. The predicted molar refractivity (Wildman–Crippen MR) is 71.6 cm³/mol. The quantitative estimate of drug-likeness (QED) is 0.868. The van der Waals surface area contributed by atoms with Gasteiger partial charge in [-0.05, 0) is 19.3 Å². The first-order valence-electron chi connectivity index (χ1n) is 6.66. The molecule has 1 saturated heterocycles. The summed E-state index contributed by atoms with van der Waals surface area (Å²) in [4.78, 5) is 22.3. The van der Waals surface area contributed by atoms with Crippen LogP contribution in [-0.4, -0.2) is 29.0 Å². The maximum atomic E-state index is 11.5. The fourth-order valence-corrected chi connectivity index (χ4v) is 2.03. The summed E-state index contributed by atoms with van der Waals surface area (Å²) >= 11 is 0. The van der Waals surface area contributed by atoms with Gasteiger partial charge in [-0.2, -0.15) is 0 Å². The van der Waals surface area contributed by atoms with Crippen molar-refractivity contribution in [2.45, 2.75) is 39.0 Å². The summed E-state index contributed by atoms with van der Waals surface area (Å²) in [6.45, 7) is 4.13. The Kier molecular flexibility index (Phi) is 4.50. The molecule has 0 unspecified atom stereocenters. The van der Waals surface area contributed by atoms with Gasteiger partial charge in [-0.15, -0.1) is 0 Å². The third-order valence-corrected chi connectivity index (χ3v) is 3.07. The third kappa shape index (κ3) is 3.42. The number of anilines is 2. The molecule has 5 heteroatoms. The lowest BCUT2D eigenvalue weighted by atomic mass is 10.2. The van der Waals surface area contributed by atoms with E-state index in [0.29, 0.717) is 12.1 Å². The summed E-state index contributed by atoms with van der Waals surface area (Å²) in [7, 11) is 0. The fraction of sp³-hybridized carbons (Fsp3) is 0.615. The molecule has 1 fully saturated rings. The Morgan fingerprint density at radius 2 is 2.00 bits per heavy atom. The van der Waals surface area contributed by atoms with E-state index in [1.54, 1.807) is 12.4 Å². The molecule has 0 aliphatic carbocycles. The standard InChI is InChI=1S/C13H20N4O/c1-2-3-6-12(18)16-11-9-14-13(15-10-11)17-7-4-5-8-17/h9-10H,2-8H2,1H3,(H,16,18). The maximum Gasteiger partial charge on any atom is 0.225 e. The molecule has 5 nitrogen and oxygen atoms in total. The van der Waals surface area contributed by atoms with Crippen molar-refractivity contribution < 1.29 is 4.79 Å². The van der Waals surface area contributed by atoms with Crippen molar-refractivity contribution >= 4 is 17.5 Å². The molecule has 1 aliphatic rings. The maximum absolute atomic E-state index is 11.5. The topological polar surface area (TPSA) is 58.1 Å². The highest BCUT2D eigenvalue weighted by Gasteiger charge is 2.14. The molecule has 0 aromatic carbocycles. The van der Waals surface area contributed by atoms with Crippen LogP contribution in [0.25, 0.3) is 0 Å². The Morgan fingerprint density at radius 3 is 2.61 bits per heavy atom. The second-order valence-electron chi connectivity index (χ2n) is 4.62. The van der Waals surface area contributed by atoms with Gasteiger partial charge in [0.1, 0.15) is 0 Å². The highest BCUT2D eigenvalue weighted by atomic mass is 16.1. The van der Waals surface area contributed by atoms with Gasteiger partial charge in [0.25, 0.3) is 0 Å². The van der Waals surface area contributed by atoms with E-state index >= 15 is 0 Å². The largest absolute Gasteiger partial charge is 0.341 e. The molecule has 1 aromatic heterocycles. The van der Waals surface area contributed by atoms with Gasteiger partial charge in [-0.1, -0.05) is 13.3 Å². The number of nitrogens with one attached hydrogen (secondary N) is 1. The molecule has 0 spiro atoms. The average Bonchev–Trinajstić information content (AvgIpc) is 2.91. The Morgan fingerprint density at radius 1 is 1.33 bits per heavy atom. The lowest BCUT2D eigenvalue weighted by molar-refractivity contribution is -0.116. The smallest absolute Gasteiger partial charge is 0.225 e. The van der Waals surface area contributed by atoms with Crippen LogP contribution in [0.5, 0.6) is 0 Å². The van der Waals surface area contributed by atoms with Gasteiger partial charge in [-0.3, -0.25) is 4.79 Å². The van der Waals surface area contributed by atoms with Crippen LogP contribution in [0, 0.1) is 0 Å². The first kappa shape index (κ1) is 12.8. The van der Waals surface area contributed by atoms with Crippen molar-refractivity contribution in [3.63, 3.8) is 0 Å². The minimum atomic E-state index is 0.0365. The number of carbonyl (C=O) groups is 1. The molecule has 2 rings (SSSR count). The first-order chi connectivity index (χ1) is 8.79. The molecule has 1 aromatic rings. The van der Waals surface area contributed by atoms with Crippen LogP contribution in [0.1, 0.15) is 39.0 Å². The molecule has 1 N–H and O–H groups in total. The van der Waals surface area contributed by atoms with E-state index in [-0.39, 0.29) is 5.91 Å². The second kappa shape index (κ2) is 6.33. The highest BCUT2D eigenvalue weighted by Crippen LogP contribution is 2.16. The zero-order valence-corrected chi connectivity index (χ0v) is 10.9. The number of unbranched alkanes of at least 4 members (excludes halogenated alkanes) is 1. The van der Waals surface area contributed by atoms with Gasteiger partial charge >= 0.3 is 0 Å². The van der Waals surface area contributed by atoms with E-state index in [1.807, 2.05) is 0 Å². The van der Waals surface area contributed by atoms with Crippen molar-refractivity contribution in [3.05, 3.63) is 12.4 Å². The van der Waals surface area contributed by atoms with Crippen molar-refractivity contribution in [2.75, 3.05) is 23.3 Å². The van der Waals surface area contributed by atoms with Crippen molar-refractivity contribution in [3.8, 4) is 0 Å². The zero-order chi connectivity index (χ0) is 12.8. The fourth-order valence-electron chi connectivity index (χ4n) is 2.03. The summed E-state index contributed by atoms with van der Waals surface area (Å²) in [6, 6.07) is 0. The Balaban J connectivity index is 1.88. The van der Waals surface area contributed by atoms with Gasteiger partial charge in [0, 0.05) is 19.5 Å². The second-order valence-corrected chi connectivity index (χ2v) is 4.62. The van der Waals surface area contributed by atoms with E-state index in [2.05, 4.69) is 27.1 Å². The van der Waals surface area contributed by atoms with Gasteiger partial charge in [0.05, 0.1) is 18.1 Å². The van der Waals surface area contributed by atoms with Crippen molar-refractivity contribution in [1.29, 1.82) is 0 Å². The molecular formula is C13H20N4O. The van der Waals surface area contributed by atoms with Crippen LogP contribution in [0.15, 0.2) is 12.4 Å². The molecule has 0 radical (unpaired) electrons. The van der Waals surface area contributed by atoms with Gasteiger partial charge in [0.2, 0.25) is 11.9 Å². The monoisotopic (exact) mass is 248 g/mol. The SMILES string of the molecule is CCCCC(=O)Nc1cnc(N2CCCC2)nc1.